The second kappa shape index (κ2) is 6.58. The van der Waals surface area contributed by atoms with Crippen LogP contribution in [0.4, 0.5) is 0 Å². The van der Waals surface area contributed by atoms with Gasteiger partial charge in [-0.25, -0.2) is 0 Å². The van der Waals surface area contributed by atoms with E-state index in [9.17, 15) is 0 Å². The highest BCUT2D eigenvalue weighted by atomic mass is 79.9. The van der Waals surface area contributed by atoms with Crippen LogP contribution in [0.15, 0.2) is 30.3 Å². The Labute approximate surface area is 127 Å². The maximum atomic E-state index is 5.17. The molecule has 0 aliphatic rings. The highest BCUT2D eigenvalue weighted by Crippen LogP contribution is 2.34. The SMILES string of the molecule is COc1ccc(CCC(Br)c2cc(C)sc2C)cc1. The lowest BCUT2D eigenvalue weighted by Gasteiger charge is -2.10. The predicted octanol–water partition coefficient (Wildman–Crippen LogP) is 5.44. The van der Waals surface area contributed by atoms with Crippen LogP contribution >= 0.6 is 27.3 Å². The van der Waals surface area contributed by atoms with Crippen molar-refractivity contribution in [1.82, 2.24) is 0 Å². The third kappa shape index (κ3) is 3.83. The number of rotatable bonds is 5. The lowest BCUT2D eigenvalue weighted by molar-refractivity contribution is 0.414. The van der Waals surface area contributed by atoms with E-state index in [0.29, 0.717) is 4.83 Å². The summed E-state index contributed by atoms with van der Waals surface area (Å²) in [4.78, 5) is 3.26. The van der Waals surface area contributed by atoms with E-state index in [-0.39, 0.29) is 0 Å². The first-order valence-electron chi connectivity index (χ1n) is 6.44. The number of alkyl halides is 1. The van der Waals surface area contributed by atoms with Gasteiger partial charge in [0.1, 0.15) is 5.75 Å². The Kier molecular flexibility index (Phi) is 5.06. The molecule has 3 heteroatoms. The normalized spacial score (nSPS) is 12.4. The average Bonchev–Trinajstić information content (AvgIpc) is 2.75. The largest absolute Gasteiger partial charge is 0.497 e. The van der Waals surface area contributed by atoms with E-state index in [0.717, 1.165) is 18.6 Å². The lowest BCUT2D eigenvalue weighted by atomic mass is 10.0. The van der Waals surface area contributed by atoms with Crippen LogP contribution < -0.4 is 4.74 Å². The van der Waals surface area contributed by atoms with Gasteiger partial charge in [0.05, 0.1) is 7.11 Å². The molecule has 1 aromatic carbocycles. The molecule has 1 aromatic heterocycles. The summed E-state index contributed by atoms with van der Waals surface area (Å²) in [5, 5.41) is 0. The van der Waals surface area contributed by atoms with Crippen molar-refractivity contribution in [3.05, 3.63) is 51.2 Å². The molecular weight excluding hydrogens is 320 g/mol. The van der Waals surface area contributed by atoms with Gasteiger partial charge in [-0.2, -0.15) is 0 Å². The van der Waals surface area contributed by atoms with Crippen molar-refractivity contribution in [1.29, 1.82) is 0 Å². The Morgan fingerprint density at radius 1 is 1.21 bits per heavy atom. The summed E-state index contributed by atoms with van der Waals surface area (Å²) in [6, 6.07) is 10.6. The van der Waals surface area contributed by atoms with Crippen LogP contribution in [0.5, 0.6) is 5.75 Å². The van der Waals surface area contributed by atoms with Crippen molar-refractivity contribution in [3.8, 4) is 5.75 Å². The maximum Gasteiger partial charge on any atom is 0.118 e. The molecule has 0 fully saturated rings. The van der Waals surface area contributed by atoms with Gasteiger partial charge in [0.25, 0.3) is 0 Å². The van der Waals surface area contributed by atoms with Crippen molar-refractivity contribution < 1.29 is 4.74 Å². The smallest absolute Gasteiger partial charge is 0.118 e. The quantitative estimate of drug-likeness (QED) is 0.659. The van der Waals surface area contributed by atoms with E-state index < -0.39 is 0 Å². The van der Waals surface area contributed by atoms with E-state index >= 15 is 0 Å². The lowest BCUT2D eigenvalue weighted by Crippen LogP contribution is -1.94. The second-order valence-corrected chi connectivity index (χ2v) is 7.29. The van der Waals surface area contributed by atoms with E-state index in [2.05, 4.69) is 48.0 Å². The molecule has 1 heterocycles. The molecule has 1 unspecified atom stereocenters. The zero-order valence-electron chi connectivity index (χ0n) is 11.6. The van der Waals surface area contributed by atoms with Gasteiger partial charge in [0, 0.05) is 14.6 Å². The van der Waals surface area contributed by atoms with Crippen LogP contribution in [-0.2, 0) is 6.42 Å². The predicted molar refractivity (Wildman–Crippen MR) is 86.8 cm³/mol. The van der Waals surface area contributed by atoms with Crippen LogP contribution in [0.1, 0.15) is 32.1 Å². The van der Waals surface area contributed by atoms with Crippen molar-refractivity contribution >= 4 is 27.3 Å². The number of methoxy groups -OCH3 is 1. The number of ether oxygens (including phenoxy) is 1. The Balaban J connectivity index is 1.96. The van der Waals surface area contributed by atoms with Crippen LogP contribution in [0, 0.1) is 13.8 Å². The first-order valence-corrected chi connectivity index (χ1v) is 8.17. The van der Waals surface area contributed by atoms with Crippen LogP contribution in [-0.4, -0.2) is 7.11 Å². The van der Waals surface area contributed by atoms with E-state index in [1.807, 2.05) is 23.5 Å². The highest BCUT2D eigenvalue weighted by molar-refractivity contribution is 9.09. The number of thiophene rings is 1. The molecule has 0 N–H and O–H groups in total. The molecule has 19 heavy (non-hydrogen) atoms. The van der Waals surface area contributed by atoms with Gasteiger partial charge in [0.15, 0.2) is 0 Å². The number of hydrogen-bond donors (Lipinski definition) is 0. The van der Waals surface area contributed by atoms with Gasteiger partial charge in [-0.1, -0.05) is 28.1 Å². The molecule has 1 atom stereocenters. The first kappa shape index (κ1) is 14.6. The molecular formula is C16H19BrOS. The molecule has 0 aliphatic carbocycles. The molecule has 2 aromatic rings. The third-order valence-corrected chi connectivity index (χ3v) is 5.20. The zero-order chi connectivity index (χ0) is 13.8. The Morgan fingerprint density at radius 3 is 2.42 bits per heavy atom. The molecule has 0 bridgehead atoms. The molecule has 102 valence electrons. The van der Waals surface area contributed by atoms with Crippen molar-refractivity contribution in [2.24, 2.45) is 0 Å². The second-order valence-electron chi connectivity index (χ2n) is 4.72. The zero-order valence-corrected chi connectivity index (χ0v) is 14.0. The summed E-state index contributed by atoms with van der Waals surface area (Å²) in [6.45, 7) is 4.37. The van der Waals surface area contributed by atoms with Crippen molar-refractivity contribution in [3.63, 3.8) is 0 Å². The molecule has 0 amide bonds. The fourth-order valence-electron chi connectivity index (χ4n) is 2.20. The molecule has 2 rings (SSSR count). The van der Waals surface area contributed by atoms with E-state index in [1.165, 1.54) is 20.9 Å². The van der Waals surface area contributed by atoms with Gasteiger partial charge >= 0.3 is 0 Å². The van der Waals surface area contributed by atoms with Gasteiger partial charge < -0.3 is 4.74 Å². The minimum Gasteiger partial charge on any atom is -0.497 e. The fraction of sp³-hybridized carbons (Fsp3) is 0.375. The van der Waals surface area contributed by atoms with Gasteiger partial charge in [-0.3, -0.25) is 0 Å². The van der Waals surface area contributed by atoms with Gasteiger partial charge in [-0.15, -0.1) is 11.3 Å². The number of aryl methyl sites for hydroxylation is 3. The van der Waals surface area contributed by atoms with Gasteiger partial charge in [0.2, 0.25) is 0 Å². The summed E-state index contributed by atoms with van der Waals surface area (Å²) >= 11 is 5.70. The Hall–Kier alpha value is -0.800. The molecule has 0 saturated carbocycles. The van der Waals surface area contributed by atoms with E-state index in [4.69, 9.17) is 4.74 Å². The van der Waals surface area contributed by atoms with E-state index in [1.54, 1.807) is 7.11 Å². The molecule has 0 aliphatic heterocycles. The minimum atomic E-state index is 0.444. The molecule has 1 nitrogen and oxygen atoms in total. The standard InChI is InChI=1S/C16H19BrOS/c1-11-10-15(12(2)19-11)16(17)9-6-13-4-7-14(18-3)8-5-13/h4-5,7-8,10,16H,6,9H2,1-3H3. The minimum absolute atomic E-state index is 0.444. The molecule has 0 spiro atoms. The van der Waals surface area contributed by atoms with Crippen LogP contribution in [0.25, 0.3) is 0 Å². The number of halogens is 1. The summed E-state index contributed by atoms with van der Waals surface area (Å²) in [6.07, 6.45) is 2.19. The summed E-state index contributed by atoms with van der Waals surface area (Å²) < 4.78 is 5.17. The topological polar surface area (TPSA) is 9.23 Å². The summed E-state index contributed by atoms with van der Waals surface area (Å²) in [5.41, 5.74) is 2.80. The maximum absolute atomic E-state index is 5.17. The summed E-state index contributed by atoms with van der Waals surface area (Å²) in [7, 11) is 1.70. The molecule has 0 saturated heterocycles. The molecule has 0 radical (unpaired) electrons. The monoisotopic (exact) mass is 338 g/mol. The van der Waals surface area contributed by atoms with Crippen molar-refractivity contribution in [2.45, 2.75) is 31.5 Å². The number of benzene rings is 1. The number of hydrogen-bond acceptors (Lipinski definition) is 2. The average molecular weight is 339 g/mol. The Bertz CT molecular complexity index is 530. The first-order chi connectivity index (χ1) is 9.10. The highest BCUT2D eigenvalue weighted by Gasteiger charge is 2.12. The van der Waals surface area contributed by atoms with Crippen molar-refractivity contribution in [2.75, 3.05) is 7.11 Å². The van der Waals surface area contributed by atoms with Crippen LogP contribution in [0.3, 0.4) is 0 Å². The Morgan fingerprint density at radius 2 is 1.89 bits per heavy atom. The fourth-order valence-corrected chi connectivity index (χ4v) is 4.05. The third-order valence-electron chi connectivity index (χ3n) is 3.26. The van der Waals surface area contributed by atoms with Crippen LogP contribution in [0.2, 0.25) is 0 Å². The van der Waals surface area contributed by atoms with Gasteiger partial charge in [-0.05, 0) is 56.0 Å². The summed E-state index contributed by atoms with van der Waals surface area (Å²) in [5.74, 6) is 0.920.